The maximum absolute atomic E-state index is 12.5. The van der Waals surface area contributed by atoms with Crippen molar-refractivity contribution in [2.45, 2.75) is 33.4 Å². The molecule has 3 rings (SSSR count). The number of fused-ring (bicyclic) bond motifs is 1. The molecule has 3 heterocycles. The molecule has 146 valence electrons. The predicted molar refractivity (Wildman–Crippen MR) is 96.8 cm³/mol. The van der Waals surface area contributed by atoms with E-state index in [-0.39, 0.29) is 18.1 Å². The fourth-order valence-corrected chi connectivity index (χ4v) is 4.31. The number of nitrogens with zero attached hydrogens (tertiary/aromatic N) is 5. The van der Waals surface area contributed by atoms with Crippen molar-refractivity contribution in [3.05, 3.63) is 18.6 Å². The van der Waals surface area contributed by atoms with Crippen molar-refractivity contribution in [1.82, 2.24) is 30.4 Å². The molecule has 2 amide bonds. The molecule has 0 spiro atoms. The zero-order valence-corrected chi connectivity index (χ0v) is 16.8. The second-order valence-electron chi connectivity index (χ2n) is 5.94. The second kappa shape index (κ2) is 7.12. The highest BCUT2D eigenvalue weighted by Crippen LogP contribution is 2.53. The summed E-state index contributed by atoms with van der Waals surface area (Å²) in [7, 11) is 0. The number of ether oxygens (including phenoxy) is 1. The number of β-lactam (4-membered cyclic amide) rings is 1. The third kappa shape index (κ3) is 3.86. The number of rotatable bonds is 5. The fourth-order valence-electron chi connectivity index (χ4n) is 2.61. The van der Waals surface area contributed by atoms with E-state index in [0.717, 1.165) is 11.8 Å². The van der Waals surface area contributed by atoms with E-state index in [4.69, 9.17) is 39.5 Å². The summed E-state index contributed by atoms with van der Waals surface area (Å²) in [5.74, 6) is -1.51. The molecule has 2 aliphatic heterocycles. The number of halogens is 3. The van der Waals surface area contributed by atoms with Crippen molar-refractivity contribution < 1.29 is 19.1 Å². The number of hydrogen-bond donors (Lipinski definition) is 1. The monoisotopic (exact) mass is 454 g/mol. The summed E-state index contributed by atoms with van der Waals surface area (Å²) in [4.78, 5) is 38.3. The molecule has 2 saturated heterocycles. The number of carbonyl (C=O) groups is 3. The highest BCUT2D eigenvalue weighted by atomic mass is 35.6. The molecule has 0 aliphatic carbocycles. The Morgan fingerprint density at radius 3 is 2.78 bits per heavy atom. The lowest BCUT2D eigenvalue weighted by Crippen LogP contribution is -2.67. The second-order valence-corrected chi connectivity index (χ2v) is 9.99. The molecule has 0 saturated carbocycles. The van der Waals surface area contributed by atoms with Crippen molar-refractivity contribution >= 4 is 64.3 Å². The van der Waals surface area contributed by atoms with E-state index >= 15 is 0 Å². The number of tetrazole rings is 1. The van der Waals surface area contributed by atoms with E-state index < -0.39 is 38.4 Å². The number of carbonyl (C=O) groups excluding carboxylic acids is 3. The molecule has 10 nitrogen and oxygen atoms in total. The summed E-state index contributed by atoms with van der Waals surface area (Å²) < 4.78 is 3.26. The number of aromatic nitrogens is 4. The van der Waals surface area contributed by atoms with E-state index in [1.165, 1.54) is 15.9 Å². The number of nitrogens with one attached hydrogen (secondary N) is 1. The minimum Gasteiger partial charge on any atom is -0.460 e. The zero-order chi connectivity index (χ0) is 20.0. The van der Waals surface area contributed by atoms with Gasteiger partial charge in [-0.05, 0) is 17.4 Å². The van der Waals surface area contributed by atoms with Crippen LogP contribution in [0, 0.1) is 0 Å². The summed E-state index contributed by atoms with van der Waals surface area (Å²) in [6.45, 7) is 4.80. The van der Waals surface area contributed by atoms with Crippen LogP contribution in [-0.2, 0) is 25.7 Å². The molecule has 2 unspecified atom stereocenters. The first-order valence-corrected chi connectivity index (χ1v) is 9.48. The van der Waals surface area contributed by atoms with Gasteiger partial charge in [0.2, 0.25) is 9.70 Å². The molecule has 0 aromatic carbocycles. The van der Waals surface area contributed by atoms with Crippen LogP contribution in [0.2, 0.25) is 0 Å². The van der Waals surface area contributed by atoms with E-state index in [1.807, 2.05) is 0 Å². The lowest BCUT2D eigenvalue weighted by Gasteiger charge is -2.41. The van der Waals surface area contributed by atoms with Gasteiger partial charge in [0.1, 0.15) is 30.9 Å². The van der Waals surface area contributed by atoms with Crippen molar-refractivity contribution in [3.63, 3.8) is 0 Å². The quantitative estimate of drug-likeness (QED) is 0.381. The Morgan fingerprint density at radius 1 is 1.48 bits per heavy atom. The molecule has 2 aliphatic rings. The van der Waals surface area contributed by atoms with Crippen LogP contribution in [0.15, 0.2) is 18.6 Å². The minimum atomic E-state index is -1.75. The molecule has 27 heavy (non-hydrogen) atoms. The smallest absolute Gasteiger partial charge is 0.328 e. The van der Waals surface area contributed by atoms with Gasteiger partial charge in [-0.3, -0.25) is 19.3 Å². The lowest BCUT2D eigenvalue weighted by atomic mass is 10.0. The molecule has 0 bridgehead atoms. The Labute approximate surface area is 172 Å². The maximum Gasteiger partial charge on any atom is 0.328 e. The van der Waals surface area contributed by atoms with Gasteiger partial charge in [0.15, 0.2) is 4.75 Å². The van der Waals surface area contributed by atoms with Crippen LogP contribution in [0.5, 0.6) is 0 Å². The molecule has 1 aromatic heterocycles. The molecular weight excluding hydrogens is 443 g/mol. The van der Waals surface area contributed by atoms with Crippen molar-refractivity contribution in [3.8, 4) is 0 Å². The Kier molecular flexibility index (Phi) is 5.32. The van der Waals surface area contributed by atoms with Crippen LogP contribution in [0.1, 0.15) is 6.92 Å². The molecule has 14 heteroatoms. The highest BCUT2D eigenvalue weighted by molar-refractivity contribution is 8.02. The summed E-state index contributed by atoms with van der Waals surface area (Å²) in [5.41, 5.74) is 0.253. The molecule has 3 atom stereocenters. The summed E-state index contributed by atoms with van der Waals surface area (Å²) in [6, 6.07) is -0.807. The average molecular weight is 456 g/mol. The Bertz CT molecular complexity index is 800. The first-order valence-electron chi connectivity index (χ1n) is 7.47. The standard InChI is InChI=1S/C13H13Cl3N6O4S/c1-6-12(2,11(25)26-4-13(14,15)16)27-10-8(9(24)22(6)10)18-7(23)3-21-5-17-19-20-21/h5,8,10H,1,3-4H2,2H3,(H,18,23)/t8?,10-,12?/m1/s1. The van der Waals surface area contributed by atoms with E-state index in [2.05, 4.69) is 27.4 Å². The fraction of sp³-hybridized carbons (Fsp3) is 0.538. The Balaban J connectivity index is 1.64. The van der Waals surface area contributed by atoms with Crippen LogP contribution in [0.4, 0.5) is 0 Å². The van der Waals surface area contributed by atoms with Gasteiger partial charge in [-0.1, -0.05) is 41.4 Å². The number of hydrogen-bond acceptors (Lipinski definition) is 8. The third-order valence-electron chi connectivity index (χ3n) is 4.01. The van der Waals surface area contributed by atoms with Crippen LogP contribution in [0.25, 0.3) is 0 Å². The van der Waals surface area contributed by atoms with Crippen LogP contribution >= 0.6 is 46.6 Å². The zero-order valence-electron chi connectivity index (χ0n) is 13.8. The molecule has 2 fully saturated rings. The van der Waals surface area contributed by atoms with Crippen LogP contribution in [-0.4, -0.2) is 69.5 Å². The lowest BCUT2D eigenvalue weighted by molar-refractivity contribution is -0.147. The largest absolute Gasteiger partial charge is 0.460 e. The van der Waals surface area contributed by atoms with Crippen molar-refractivity contribution in [2.75, 3.05) is 6.61 Å². The summed E-state index contributed by atoms with van der Waals surface area (Å²) >= 11 is 17.9. The van der Waals surface area contributed by atoms with E-state index in [1.54, 1.807) is 6.92 Å². The number of esters is 1. The molecular formula is C13H13Cl3N6O4S. The topological polar surface area (TPSA) is 119 Å². The molecule has 1 aromatic rings. The first-order chi connectivity index (χ1) is 12.5. The van der Waals surface area contributed by atoms with Crippen molar-refractivity contribution in [2.24, 2.45) is 0 Å². The van der Waals surface area contributed by atoms with Gasteiger partial charge in [-0.2, -0.15) is 0 Å². The minimum absolute atomic E-state index is 0.141. The SMILES string of the molecule is C=C1N2C(=O)C(NC(=O)Cn3cnnn3)[C@H]2SC1(C)C(=O)OCC(Cl)(Cl)Cl. The van der Waals surface area contributed by atoms with E-state index in [9.17, 15) is 14.4 Å². The van der Waals surface area contributed by atoms with Crippen LogP contribution < -0.4 is 5.32 Å². The average Bonchev–Trinajstić information content (AvgIpc) is 3.16. The normalized spacial score (nSPS) is 27.2. The first kappa shape index (κ1) is 20.2. The van der Waals surface area contributed by atoms with Gasteiger partial charge in [0.25, 0.3) is 5.91 Å². The number of alkyl halides is 3. The molecule has 0 radical (unpaired) electrons. The third-order valence-corrected chi connectivity index (χ3v) is 5.94. The summed E-state index contributed by atoms with van der Waals surface area (Å²) in [5, 5.41) is 12.5. The van der Waals surface area contributed by atoms with Gasteiger partial charge >= 0.3 is 5.97 Å². The number of amides is 2. The van der Waals surface area contributed by atoms with Gasteiger partial charge in [-0.15, -0.1) is 16.9 Å². The summed E-state index contributed by atoms with van der Waals surface area (Å²) in [6.07, 6.45) is 1.28. The Hall–Kier alpha value is -1.56. The maximum atomic E-state index is 12.5. The number of thioether (sulfide) groups is 1. The van der Waals surface area contributed by atoms with Crippen molar-refractivity contribution in [1.29, 1.82) is 0 Å². The molecule has 1 N–H and O–H groups in total. The highest BCUT2D eigenvalue weighted by Gasteiger charge is 2.63. The Morgan fingerprint density at radius 2 is 2.19 bits per heavy atom. The van der Waals surface area contributed by atoms with E-state index in [0.29, 0.717) is 0 Å². The van der Waals surface area contributed by atoms with Gasteiger partial charge < -0.3 is 10.1 Å². The van der Waals surface area contributed by atoms with Gasteiger partial charge in [-0.25, -0.2) is 4.68 Å². The van der Waals surface area contributed by atoms with Crippen LogP contribution in [0.3, 0.4) is 0 Å². The van der Waals surface area contributed by atoms with Gasteiger partial charge in [0.05, 0.1) is 0 Å². The van der Waals surface area contributed by atoms with Gasteiger partial charge in [0, 0.05) is 5.70 Å². The predicted octanol–water partition coefficient (Wildman–Crippen LogP) is 0.259.